The molecule has 0 amide bonds. The number of piperidine rings is 1. The van der Waals surface area contributed by atoms with Crippen LogP contribution >= 0.6 is 11.3 Å². The second-order valence-electron chi connectivity index (χ2n) is 7.61. The maximum Gasteiger partial charge on any atom is 0.294 e. The Morgan fingerprint density at radius 1 is 1.08 bits per heavy atom. The van der Waals surface area contributed by atoms with Crippen LogP contribution in [-0.2, 0) is 0 Å². The quantitative estimate of drug-likeness (QED) is 0.909. The van der Waals surface area contributed by atoms with E-state index in [-0.39, 0.29) is 17.2 Å². The summed E-state index contributed by atoms with van der Waals surface area (Å²) in [6.07, 6.45) is 2.02. The Hall–Kier alpha value is -1.66. The van der Waals surface area contributed by atoms with Crippen LogP contribution in [0, 0.1) is 0 Å². The van der Waals surface area contributed by atoms with Crippen molar-refractivity contribution in [3.63, 3.8) is 0 Å². The van der Waals surface area contributed by atoms with Gasteiger partial charge in [0, 0.05) is 23.9 Å². The Morgan fingerprint density at radius 2 is 1.75 bits per heavy atom. The van der Waals surface area contributed by atoms with Crippen molar-refractivity contribution in [1.82, 2.24) is 15.5 Å². The van der Waals surface area contributed by atoms with Crippen LogP contribution < -0.4 is 14.8 Å². The molecule has 0 unspecified atom stereocenters. The molecule has 1 aliphatic heterocycles. The van der Waals surface area contributed by atoms with Crippen LogP contribution in [0.1, 0.15) is 40.5 Å². The zero-order chi connectivity index (χ0) is 17.4. The minimum atomic E-state index is 0.0442. The lowest BCUT2D eigenvalue weighted by Crippen LogP contribution is -2.60. The van der Waals surface area contributed by atoms with Crippen molar-refractivity contribution in [2.45, 2.75) is 57.7 Å². The Morgan fingerprint density at radius 3 is 2.42 bits per heavy atom. The maximum atomic E-state index is 6.17. The number of para-hydroxylation sites is 1. The molecular formula is C18H25N3O2S. The highest BCUT2D eigenvalue weighted by Gasteiger charge is 2.39. The Balaban J connectivity index is 1.77. The molecule has 1 saturated heterocycles. The van der Waals surface area contributed by atoms with Gasteiger partial charge in [-0.15, -0.1) is 5.10 Å². The lowest BCUT2D eigenvalue weighted by Gasteiger charge is -2.45. The zero-order valence-corrected chi connectivity index (χ0v) is 15.7. The topological polar surface area (TPSA) is 56.3 Å². The normalized spacial score (nSPS) is 19.9. The van der Waals surface area contributed by atoms with Gasteiger partial charge in [0.15, 0.2) is 5.01 Å². The van der Waals surface area contributed by atoms with Crippen LogP contribution in [-0.4, -0.2) is 34.5 Å². The molecule has 1 aromatic carbocycles. The van der Waals surface area contributed by atoms with E-state index >= 15 is 0 Å². The molecule has 0 spiro atoms. The van der Waals surface area contributed by atoms with Gasteiger partial charge in [-0.05, 0) is 39.8 Å². The SMILES string of the molecule is COc1ccccc1-c1nnc(OC2CC(C)(C)NC(C)(C)C2)s1. The highest BCUT2D eigenvalue weighted by molar-refractivity contribution is 7.16. The summed E-state index contributed by atoms with van der Waals surface area (Å²) in [6, 6.07) is 7.83. The van der Waals surface area contributed by atoms with E-state index in [0.29, 0.717) is 5.19 Å². The third-order valence-electron chi connectivity index (χ3n) is 4.16. The molecule has 5 nitrogen and oxygen atoms in total. The number of hydrogen-bond acceptors (Lipinski definition) is 6. The van der Waals surface area contributed by atoms with E-state index in [2.05, 4.69) is 43.2 Å². The van der Waals surface area contributed by atoms with Gasteiger partial charge >= 0.3 is 0 Å². The predicted octanol–water partition coefficient (Wildman–Crippen LogP) is 3.90. The number of hydrogen-bond donors (Lipinski definition) is 1. The molecule has 0 radical (unpaired) electrons. The Labute approximate surface area is 147 Å². The van der Waals surface area contributed by atoms with Crippen LogP contribution in [0.5, 0.6) is 10.9 Å². The molecular weight excluding hydrogens is 322 g/mol. The van der Waals surface area contributed by atoms with Crippen molar-refractivity contribution in [2.24, 2.45) is 0 Å². The molecule has 3 rings (SSSR count). The number of methoxy groups -OCH3 is 1. The second kappa shape index (κ2) is 6.33. The smallest absolute Gasteiger partial charge is 0.294 e. The molecule has 1 aliphatic rings. The van der Waals surface area contributed by atoms with Crippen LogP contribution in [0.25, 0.3) is 10.6 Å². The first-order chi connectivity index (χ1) is 11.3. The Bertz CT molecular complexity index is 696. The van der Waals surface area contributed by atoms with E-state index in [1.165, 1.54) is 11.3 Å². The van der Waals surface area contributed by atoms with Crippen molar-refractivity contribution < 1.29 is 9.47 Å². The van der Waals surface area contributed by atoms with Gasteiger partial charge in [0.05, 0.1) is 12.7 Å². The average molecular weight is 347 g/mol. The van der Waals surface area contributed by atoms with Crippen LogP contribution in [0.3, 0.4) is 0 Å². The summed E-state index contributed by atoms with van der Waals surface area (Å²) in [5.74, 6) is 0.796. The number of ether oxygens (including phenoxy) is 2. The number of aromatic nitrogens is 2. The standard InChI is InChI=1S/C18H25N3O2S/c1-17(2)10-12(11-18(3,4)21-17)23-16-20-19-15(24-16)13-8-6-7-9-14(13)22-5/h6-9,12,21H,10-11H2,1-5H3. The maximum absolute atomic E-state index is 6.17. The first-order valence-corrected chi connectivity index (χ1v) is 9.03. The second-order valence-corrected chi connectivity index (χ2v) is 8.55. The van der Waals surface area contributed by atoms with Crippen molar-refractivity contribution in [3.8, 4) is 21.5 Å². The Kier molecular flexibility index (Phi) is 4.53. The molecule has 6 heteroatoms. The summed E-state index contributed by atoms with van der Waals surface area (Å²) in [4.78, 5) is 0. The van der Waals surface area contributed by atoms with E-state index in [1.807, 2.05) is 24.3 Å². The van der Waals surface area contributed by atoms with E-state index in [9.17, 15) is 0 Å². The van der Waals surface area contributed by atoms with Gasteiger partial charge in [0.25, 0.3) is 5.19 Å². The summed E-state index contributed by atoms with van der Waals surface area (Å²) >= 11 is 1.46. The van der Waals surface area contributed by atoms with E-state index in [1.54, 1.807) is 7.11 Å². The third-order valence-corrected chi connectivity index (χ3v) is 5.01. The minimum Gasteiger partial charge on any atom is -0.496 e. The van der Waals surface area contributed by atoms with Crippen LogP contribution in [0.4, 0.5) is 0 Å². The fraction of sp³-hybridized carbons (Fsp3) is 0.556. The molecule has 0 saturated carbocycles. The van der Waals surface area contributed by atoms with Gasteiger partial charge in [-0.1, -0.05) is 28.6 Å². The van der Waals surface area contributed by atoms with Crippen molar-refractivity contribution in [2.75, 3.05) is 7.11 Å². The number of rotatable bonds is 4. The molecule has 2 aromatic rings. The molecule has 2 heterocycles. The first kappa shape index (κ1) is 17.2. The fourth-order valence-corrected chi connectivity index (χ4v) is 4.43. The molecule has 24 heavy (non-hydrogen) atoms. The first-order valence-electron chi connectivity index (χ1n) is 8.21. The van der Waals surface area contributed by atoms with Crippen LogP contribution in [0.2, 0.25) is 0 Å². The lowest BCUT2D eigenvalue weighted by molar-refractivity contribution is 0.0553. The zero-order valence-electron chi connectivity index (χ0n) is 14.9. The van der Waals surface area contributed by atoms with E-state index < -0.39 is 0 Å². The summed E-state index contributed by atoms with van der Waals surface area (Å²) in [5.41, 5.74) is 1.03. The molecule has 0 bridgehead atoms. The molecule has 0 aliphatic carbocycles. The molecule has 0 atom stereocenters. The van der Waals surface area contributed by atoms with Crippen molar-refractivity contribution in [3.05, 3.63) is 24.3 Å². The highest BCUT2D eigenvalue weighted by atomic mass is 32.1. The number of nitrogens with one attached hydrogen (secondary N) is 1. The summed E-state index contributed by atoms with van der Waals surface area (Å²) < 4.78 is 11.6. The number of nitrogens with zero attached hydrogens (tertiary/aromatic N) is 2. The summed E-state index contributed by atoms with van der Waals surface area (Å²) in [5, 5.41) is 13.6. The van der Waals surface area contributed by atoms with Gasteiger partial charge in [-0.25, -0.2) is 0 Å². The third kappa shape index (κ3) is 3.87. The van der Waals surface area contributed by atoms with Gasteiger partial charge in [0.2, 0.25) is 0 Å². The van der Waals surface area contributed by atoms with Crippen molar-refractivity contribution in [1.29, 1.82) is 0 Å². The van der Waals surface area contributed by atoms with Gasteiger partial charge < -0.3 is 14.8 Å². The molecule has 1 fully saturated rings. The predicted molar refractivity (Wildman–Crippen MR) is 96.8 cm³/mol. The highest BCUT2D eigenvalue weighted by Crippen LogP contribution is 2.36. The lowest BCUT2D eigenvalue weighted by atomic mass is 9.81. The summed E-state index contributed by atoms with van der Waals surface area (Å²) in [6.45, 7) is 8.85. The molecule has 1 aromatic heterocycles. The monoisotopic (exact) mass is 347 g/mol. The molecule has 1 N–H and O–H groups in total. The van der Waals surface area contributed by atoms with Gasteiger partial charge in [-0.3, -0.25) is 0 Å². The van der Waals surface area contributed by atoms with E-state index in [0.717, 1.165) is 29.2 Å². The summed E-state index contributed by atoms with van der Waals surface area (Å²) in [7, 11) is 1.66. The largest absolute Gasteiger partial charge is 0.496 e. The van der Waals surface area contributed by atoms with Crippen molar-refractivity contribution >= 4 is 11.3 Å². The van der Waals surface area contributed by atoms with Crippen LogP contribution in [0.15, 0.2) is 24.3 Å². The van der Waals surface area contributed by atoms with Gasteiger partial charge in [0.1, 0.15) is 11.9 Å². The number of benzene rings is 1. The fourth-order valence-electron chi connectivity index (χ4n) is 3.64. The minimum absolute atomic E-state index is 0.0442. The van der Waals surface area contributed by atoms with Gasteiger partial charge in [-0.2, -0.15) is 0 Å². The van der Waals surface area contributed by atoms with E-state index in [4.69, 9.17) is 9.47 Å². The molecule has 130 valence electrons. The average Bonchev–Trinajstić information content (AvgIpc) is 2.92.